The highest BCUT2D eigenvalue weighted by Gasteiger charge is 2.64. The van der Waals surface area contributed by atoms with Gasteiger partial charge in [0.25, 0.3) is 0 Å². The first-order valence-corrected chi connectivity index (χ1v) is 15.3. The van der Waals surface area contributed by atoms with Crippen molar-refractivity contribution in [3.8, 4) is 0 Å². The van der Waals surface area contributed by atoms with E-state index in [0.717, 1.165) is 13.1 Å². The van der Waals surface area contributed by atoms with Crippen molar-refractivity contribution in [2.75, 3.05) is 38.7 Å². The summed E-state index contributed by atoms with van der Waals surface area (Å²) in [7, 11) is 2.26. The van der Waals surface area contributed by atoms with Crippen LogP contribution in [0.4, 0.5) is 0 Å². The maximum atomic E-state index is 5.00. The molecule has 2 unspecified atom stereocenters. The molecule has 0 amide bonds. The van der Waals surface area contributed by atoms with Gasteiger partial charge in [-0.2, -0.15) is 0 Å². The van der Waals surface area contributed by atoms with E-state index < -0.39 is 21.3 Å². The van der Waals surface area contributed by atoms with Crippen LogP contribution >= 0.6 is 44.1 Å². The predicted molar refractivity (Wildman–Crippen MR) is 97.7 cm³/mol. The van der Waals surface area contributed by atoms with Gasteiger partial charge in [-0.3, -0.25) is 4.74 Å². The highest BCUT2D eigenvalue weighted by Crippen LogP contribution is 2.81. The average molecular weight is 375 g/mol. The molecule has 3 aliphatic rings. The number of nitrogens with zero attached hydrogens (tertiary/aromatic N) is 1. The molecule has 0 aromatic carbocycles. The Morgan fingerprint density at radius 2 is 2.00 bits per heavy atom. The molecule has 0 radical (unpaired) electrons. The van der Waals surface area contributed by atoms with Gasteiger partial charge in [0, 0.05) is 43.5 Å². The lowest BCUT2D eigenvalue weighted by molar-refractivity contribution is 0.849. The van der Waals surface area contributed by atoms with Gasteiger partial charge in [0.05, 0.1) is 11.4 Å². The van der Waals surface area contributed by atoms with Gasteiger partial charge >= 0.3 is 14.8 Å². The number of hydrogen-bond acceptors (Lipinski definition) is 9. The Hall–Kier alpha value is 1.55. The van der Waals surface area contributed by atoms with Gasteiger partial charge in [0.1, 0.15) is 0 Å². The van der Waals surface area contributed by atoms with E-state index >= 15 is 0 Å². The second-order valence-electron chi connectivity index (χ2n) is 4.75. The topological polar surface area (TPSA) is 84.5 Å². The van der Waals surface area contributed by atoms with Gasteiger partial charge in [0.2, 0.25) is 6.56 Å². The molecule has 0 saturated carbocycles. The van der Waals surface area contributed by atoms with Crippen LogP contribution in [0.15, 0.2) is 4.74 Å². The van der Waals surface area contributed by atoms with Crippen LogP contribution < -0.4 is 29.8 Å². The van der Waals surface area contributed by atoms with Gasteiger partial charge < -0.3 is 0 Å². The smallest absolute Gasteiger partial charge is 0.260 e. The Morgan fingerprint density at radius 1 is 1.15 bits per heavy atom. The third kappa shape index (κ3) is 3.24. The molecule has 0 aliphatic carbocycles. The molecule has 0 bridgehead atoms. The standard InChI is InChI=1S/C8H24N7P3S2/c1-9-16(10-2)13-17(11-5-3-7-19-17)15-18(14-16)12-6-4-8-20-18/h9-11,13-15H,3-8H2,1-2H3/q+2. The Labute approximate surface area is 130 Å². The van der Waals surface area contributed by atoms with Crippen molar-refractivity contribution in [3.63, 3.8) is 0 Å². The van der Waals surface area contributed by atoms with E-state index in [2.05, 4.69) is 29.8 Å². The zero-order valence-electron chi connectivity index (χ0n) is 11.8. The zero-order valence-corrected chi connectivity index (χ0v) is 16.2. The summed E-state index contributed by atoms with van der Waals surface area (Å²) < 4.78 is 5.00. The third-order valence-electron chi connectivity index (χ3n) is 3.34. The van der Waals surface area contributed by atoms with Crippen LogP contribution in [0.25, 0.3) is 0 Å². The molecular weight excluding hydrogens is 351 g/mol. The van der Waals surface area contributed by atoms with Crippen LogP contribution in [-0.2, 0) is 0 Å². The Balaban J connectivity index is 1.95. The first-order valence-electron chi connectivity index (χ1n) is 6.82. The predicted octanol–water partition coefficient (Wildman–Crippen LogP) is 2.37. The molecule has 116 valence electrons. The molecule has 2 spiro atoms. The highest BCUT2D eigenvalue weighted by molar-refractivity contribution is 8.67. The Morgan fingerprint density at radius 3 is 2.60 bits per heavy atom. The van der Waals surface area contributed by atoms with E-state index in [-0.39, 0.29) is 0 Å². The lowest BCUT2D eigenvalue weighted by Gasteiger charge is -2.42. The minimum Gasteiger partial charge on any atom is -0.260 e. The van der Waals surface area contributed by atoms with Crippen LogP contribution in [0.5, 0.6) is 0 Å². The van der Waals surface area contributed by atoms with Crippen LogP contribution in [0.2, 0.25) is 0 Å². The summed E-state index contributed by atoms with van der Waals surface area (Å²) in [5.41, 5.74) is 0. The van der Waals surface area contributed by atoms with Crippen LogP contribution in [0.3, 0.4) is 0 Å². The van der Waals surface area contributed by atoms with Gasteiger partial charge in [-0.05, 0) is 12.8 Å². The quantitative estimate of drug-likeness (QED) is 0.411. The van der Waals surface area contributed by atoms with Crippen molar-refractivity contribution < 1.29 is 0 Å². The molecule has 0 aromatic rings. The Kier molecular flexibility index (Phi) is 5.40. The van der Waals surface area contributed by atoms with Crippen molar-refractivity contribution in [3.05, 3.63) is 0 Å². The molecule has 6 N–H and O–H groups in total. The summed E-state index contributed by atoms with van der Waals surface area (Å²) >= 11 is 4.02. The third-order valence-corrected chi connectivity index (χ3v) is 21.5. The van der Waals surface area contributed by atoms with E-state index in [9.17, 15) is 0 Å². The van der Waals surface area contributed by atoms with E-state index in [1.54, 1.807) is 0 Å². The normalized spacial score (nSPS) is 40.7. The van der Waals surface area contributed by atoms with E-state index in [4.69, 9.17) is 4.74 Å². The highest BCUT2D eigenvalue weighted by atomic mass is 32.8. The van der Waals surface area contributed by atoms with E-state index in [0.29, 0.717) is 0 Å². The van der Waals surface area contributed by atoms with Gasteiger partial charge in [-0.25, -0.2) is 0 Å². The minimum atomic E-state index is -1.78. The molecule has 7 nitrogen and oxygen atoms in total. The van der Waals surface area contributed by atoms with Crippen LogP contribution in [0, 0.1) is 0 Å². The molecule has 12 heteroatoms. The number of rotatable bonds is 2. The fourth-order valence-electron chi connectivity index (χ4n) is 2.30. The van der Waals surface area contributed by atoms with Crippen LogP contribution in [-0.4, -0.2) is 38.7 Å². The molecule has 3 heterocycles. The maximum Gasteiger partial charge on any atom is 0.342 e. The van der Waals surface area contributed by atoms with Gasteiger partial charge in [-0.1, -0.05) is 21.1 Å². The largest absolute Gasteiger partial charge is 0.342 e. The Bertz CT molecular complexity index is 413. The summed E-state index contributed by atoms with van der Waals surface area (Å²) in [4.78, 5) is 11.5. The fraction of sp³-hybridized carbons (Fsp3) is 1.00. The van der Waals surface area contributed by atoms with Gasteiger partial charge in [-0.15, -0.1) is 15.3 Å². The zero-order chi connectivity index (χ0) is 14.1. The van der Waals surface area contributed by atoms with Crippen molar-refractivity contribution in [1.29, 1.82) is 0 Å². The molecule has 20 heavy (non-hydrogen) atoms. The summed E-state index contributed by atoms with van der Waals surface area (Å²) in [5, 5.41) is 10.7. The molecule has 2 fully saturated rings. The number of nitrogens with one attached hydrogen (secondary N) is 6. The molecule has 0 aromatic heterocycles. The summed E-state index contributed by atoms with van der Waals surface area (Å²) in [6.07, 6.45) is 2.43. The fourth-order valence-corrected chi connectivity index (χ4v) is 25.2. The van der Waals surface area contributed by atoms with Crippen LogP contribution in [0.1, 0.15) is 12.8 Å². The van der Waals surface area contributed by atoms with E-state index in [1.807, 2.05) is 36.9 Å². The van der Waals surface area contributed by atoms with Crippen molar-refractivity contribution in [2.45, 2.75) is 12.8 Å². The van der Waals surface area contributed by atoms with Crippen molar-refractivity contribution in [2.24, 2.45) is 4.74 Å². The van der Waals surface area contributed by atoms with Crippen molar-refractivity contribution in [1.82, 2.24) is 29.8 Å². The first-order chi connectivity index (χ1) is 9.66. The van der Waals surface area contributed by atoms with Crippen molar-refractivity contribution >= 4 is 44.1 Å². The van der Waals surface area contributed by atoms with Gasteiger partial charge in [0.15, 0.2) is 0 Å². The molecule has 3 aliphatic heterocycles. The molecule has 3 rings (SSSR count). The maximum absolute atomic E-state index is 5.00. The average Bonchev–Trinajstić information content (AvgIpc) is 2.48. The second kappa shape index (κ2) is 6.58. The molecular formula is C8H24N7P3S2+2. The summed E-state index contributed by atoms with van der Waals surface area (Å²) in [6, 6.07) is 0. The summed E-state index contributed by atoms with van der Waals surface area (Å²) in [6.45, 7) is -1.26. The SMILES string of the molecule is CN[P+]1(NC)NP2(=NCCCS2)N[P+]2(NCCCS2)N1. The number of hydrogen-bond donors (Lipinski definition) is 6. The van der Waals surface area contributed by atoms with E-state index in [1.165, 1.54) is 24.3 Å². The molecule has 2 saturated heterocycles. The first kappa shape index (κ1) is 16.4. The minimum absolute atomic E-state index is 0.971. The monoisotopic (exact) mass is 375 g/mol. The molecule has 2 atom stereocenters. The second-order valence-corrected chi connectivity index (χ2v) is 18.5. The summed E-state index contributed by atoms with van der Waals surface area (Å²) in [5.74, 6) is 2.40. The lowest BCUT2D eigenvalue weighted by atomic mass is 10.5. The lowest BCUT2D eigenvalue weighted by Crippen LogP contribution is -2.52.